The molecule has 0 aromatic carbocycles. The van der Waals surface area contributed by atoms with Gasteiger partial charge in [0.05, 0.1) is 25.2 Å². The molecule has 0 heterocycles. The van der Waals surface area contributed by atoms with E-state index in [1.807, 2.05) is 0 Å². The fourth-order valence-corrected chi connectivity index (χ4v) is 7.93. The van der Waals surface area contributed by atoms with E-state index in [1.165, 1.54) is 154 Å². The van der Waals surface area contributed by atoms with Gasteiger partial charge >= 0.3 is 5.97 Å². The summed E-state index contributed by atoms with van der Waals surface area (Å²) in [6, 6.07) is -0.706. The maximum atomic E-state index is 13.2. The minimum Gasteiger partial charge on any atom is -0.462 e. The van der Waals surface area contributed by atoms with Gasteiger partial charge in [-0.05, 0) is 70.6 Å². The number of rotatable bonds is 47. The van der Waals surface area contributed by atoms with Crippen LogP contribution in [-0.4, -0.2) is 46.9 Å². The molecule has 0 aliphatic heterocycles. The van der Waals surface area contributed by atoms with Crippen molar-refractivity contribution in [2.75, 3.05) is 6.61 Å². The van der Waals surface area contributed by atoms with E-state index in [9.17, 15) is 19.8 Å². The standard InChI is InChI=1S/C54H101NO5/c1-4-7-10-13-16-19-21-23-25-26-28-29-31-34-37-40-43-46-52(57)51(49-56)55-53(58)48-50(45-42-39-36-33-18-15-12-9-6-3)60-54(59)47-44-41-38-35-32-30-27-24-22-20-17-14-11-8-5-2/h15,17-18,20,22,24,50-52,56-57H,4-14,16,19,21,23,25-49H2,1-3H3,(H,55,58)/b18-15-,20-17+,24-22+. The van der Waals surface area contributed by atoms with Crippen LogP contribution in [0, 0.1) is 0 Å². The molecule has 3 N–H and O–H groups in total. The van der Waals surface area contributed by atoms with Crippen LogP contribution in [0.2, 0.25) is 0 Å². The quantitative estimate of drug-likeness (QED) is 0.0245. The lowest BCUT2D eigenvalue weighted by Crippen LogP contribution is -2.46. The molecule has 0 aromatic heterocycles. The van der Waals surface area contributed by atoms with E-state index >= 15 is 0 Å². The highest BCUT2D eigenvalue weighted by Crippen LogP contribution is 2.18. The van der Waals surface area contributed by atoms with E-state index in [2.05, 4.69) is 62.5 Å². The molecular formula is C54H101NO5. The predicted octanol–water partition coefficient (Wildman–Crippen LogP) is 15.7. The predicted molar refractivity (Wildman–Crippen MR) is 259 cm³/mol. The number of ether oxygens (including phenoxy) is 1. The van der Waals surface area contributed by atoms with Crippen LogP contribution >= 0.6 is 0 Å². The lowest BCUT2D eigenvalue weighted by Gasteiger charge is -2.24. The molecule has 60 heavy (non-hydrogen) atoms. The summed E-state index contributed by atoms with van der Waals surface area (Å²) in [5, 5.41) is 23.8. The lowest BCUT2D eigenvalue weighted by molar-refractivity contribution is -0.151. The average molecular weight is 844 g/mol. The number of allylic oxidation sites excluding steroid dienone is 6. The van der Waals surface area contributed by atoms with E-state index in [1.54, 1.807) is 0 Å². The van der Waals surface area contributed by atoms with Crippen LogP contribution < -0.4 is 5.32 Å². The summed E-state index contributed by atoms with van der Waals surface area (Å²) in [6.45, 7) is 6.42. The third-order valence-corrected chi connectivity index (χ3v) is 12.0. The zero-order chi connectivity index (χ0) is 43.8. The van der Waals surface area contributed by atoms with Crippen molar-refractivity contribution < 1.29 is 24.5 Å². The SMILES string of the molecule is CCCC/C=C\CCCCCC(CC(=O)NC(CO)C(O)CCCCCCCCCCCCCCCCCCC)OC(=O)CCCCCCCC/C=C/C=C/CCCCC. The van der Waals surface area contributed by atoms with E-state index in [0.717, 1.165) is 70.6 Å². The number of unbranched alkanes of at least 4 members (excludes halogenated alkanes) is 30. The zero-order valence-corrected chi connectivity index (χ0v) is 40.1. The van der Waals surface area contributed by atoms with Gasteiger partial charge in [-0.1, -0.05) is 224 Å². The van der Waals surface area contributed by atoms with Crippen molar-refractivity contribution in [2.45, 2.75) is 289 Å². The van der Waals surface area contributed by atoms with Crippen LogP contribution in [0.25, 0.3) is 0 Å². The van der Waals surface area contributed by atoms with Gasteiger partial charge in [-0.25, -0.2) is 0 Å². The maximum Gasteiger partial charge on any atom is 0.306 e. The molecule has 6 nitrogen and oxygen atoms in total. The monoisotopic (exact) mass is 844 g/mol. The van der Waals surface area contributed by atoms with Gasteiger partial charge < -0.3 is 20.3 Å². The minimum absolute atomic E-state index is 0.0636. The number of hydrogen-bond acceptors (Lipinski definition) is 5. The molecule has 6 heteroatoms. The van der Waals surface area contributed by atoms with E-state index in [4.69, 9.17) is 4.74 Å². The van der Waals surface area contributed by atoms with Crippen molar-refractivity contribution in [1.29, 1.82) is 0 Å². The second kappa shape index (κ2) is 48.1. The van der Waals surface area contributed by atoms with Gasteiger partial charge in [0.25, 0.3) is 0 Å². The van der Waals surface area contributed by atoms with Gasteiger partial charge in [-0.2, -0.15) is 0 Å². The topological polar surface area (TPSA) is 95.9 Å². The number of aliphatic hydroxyl groups is 2. The first-order valence-electron chi connectivity index (χ1n) is 26.2. The Bertz CT molecular complexity index is 993. The molecule has 352 valence electrons. The van der Waals surface area contributed by atoms with Gasteiger partial charge in [0.15, 0.2) is 0 Å². The Hall–Kier alpha value is -1.92. The van der Waals surface area contributed by atoms with Crippen molar-refractivity contribution in [3.05, 3.63) is 36.5 Å². The molecule has 0 aliphatic carbocycles. The molecule has 0 bridgehead atoms. The highest BCUT2D eigenvalue weighted by atomic mass is 16.5. The Labute approximate surface area is 373 Å². The second-order valence-corrected chi connectivity index (χ2v) is 17.9. The van der Waals surface area contributed by atoms with Crippen molar-refractivity contribution in [3.63, 3.8) is 0 Å². The first kappa shape index (κ1) is 58.1. The van der Waals surface area contributed by atoms with E-state index < -0.39 is 18.2 Å². The fourth-order valence-electron chi connectivity index (χ4n) is 7.93. The Morgan fingerprint density at radius 1 is 0.483 bits per heavy atom. The smallest absolute Gasteiger partial charge is 0.306 e. The summed E-state index contributed by atoms with van der Waals surface area (Å²) in [6.07, 6.45) is 56.4. The Morgan fingerprint density at radius 2 is 0.867 bits per heavy atom. The van der Waals surface area contributed by atoms with Crippen LogP contribution in [0.5, 0.6) is 0 Å². The van der Waals surface area contributed by atoms with Crippen molar-refractivity contribution in [2.24, 2.45) is 0 Å². The first-order valence-corrected chi connectivity index (χ1v) is 26.2. The van der Waals surface area contributed by atoms with Crippen LogP contribution in [0.15, 0.2) is 36.5 Å². The average Bonchev–Trinajstić information content (AvgIpc) is 3.24. The lowest BCUT2D eigenvalue weighted by atomic mass is 10.0. The third-order valence-electron chi connectivity index (χ3n) is 12.0. The van der Waals surface area contributed by atoms with Crippen LogP contribution in [0.4, 0.5) is 0 Å². The van der Waals surface area contributed by atoms with Gasteiger partial charge in [0.1, 0.15) is 6.10 Å². The number of hydrogen-bond donors (Lipinski definition) is 3. The third kappa shape index (κ3) is 42.8. The van der Waals surface area contributed by atoms with Crippen molar-refractivity contribution >= 4 is 11.9 Å². The highest BCUT2D eigenvalue weighted by Gasteiger charge is 2.24. The van der Waals surface area contributed by atoms with Crippen LogP contribution in [-0.2, 0) is 14.3 Å². The molecule has 0 saturated carbocycles. The molecule has 0 aromatic rings. The number of carbonyl (C=O) groups excluding carboxylic acids is 2. The summed E-state index contributed by atoms with van der Waals surface area (Å²) in [7, 11) is 0. The highest BCUT2D eigenvalue weighted by molar-refractivity contribution is 5.77. The summed E-state index contributed by atoms with van der Waals surface area (Å²) in [4.78, 5) is 26.1. The Kier molecular flexibility index (Phi) is 46.6. The summed E-state index contributed by atoms with van der Waals surface area (Å²) >= 11 is 0. The molecule has 0 fully saturated rings. The normalized spacial score (nSPS) is 13.5. The van der Waals surface area contributed by atoms with Gasteiger partial charge in [-0.3, -0.25) is 9.59 Å². The number of amides is 1. The summed E-state index contributed by atoms with van der Waals surface area (Å²) in [5.41, 5.74) is 0. The minimum atomic E-state index is -0.791. The molecule has 0 saturated heterocycles. The molecule has 3 atom stereocenters. The largest absolute Gasteiger partial charge is 0.462 e. The molecule has 0 radical (unpaired) electrons. The van der Waals surface area contributed by atoms with Gasteiger partial charge in [0.2, 0.25) is 5.91 Å². The molecule has 0 aliphatic rings. The Morgan fingerprint density at radius 3 is 1.38 bits per heavy atom. The Balaban J connectivity index is 4.43. The number of aliphatic hydroxyl groups excluding tert-OH is 2. The molecular weight excluding hydrogens is 743 g/mol. The maximum absolute atomic E-state index is 13.2. The fraction of sp³-hybridized carbons (Fsp3) is 0.852. The number of carbonyl (C=O) groups is 2. The van der Waals surface area contributed by atoms with E-state index in [0.29, 0.717) is 19.3 Å². The zero-order valence-electron chi connectivity index (χ0n) is 40.1. The molecule has 3 unspecified atom stereocenters. The number of esters is 1. The molecule has 0 rings (SSSR count). The first-order chi connectivity index (χ1) is 29.5. The van der Waals surface area contributed by atoms with E-state index in [-0.39, 0.29) is 24.9 Å². The van der Waals surface area contributed by atoms with Gasteiger partial charge in [0, 0.05) is 6.42 Å². The second-order valence-electron chi connectivity index (χ2n) is 17.9. The molecule has 1 amide bonds. The van der Waals surface area contributed by atoms with Crippen LogP contribution in [0.3, 0.4) is 0 Å². The number of nitrogens with one attached hydrogen (secondary N) is 1. The summed E-state index contributed by atoms with van der Waals surface area (Å²) < 4.78 is 5.90. The molecule has 0 spiro atoms. The van der Waals surface area contributed by atoms with Gasteiger partial charge in [-0.15, -0.1) is 0 Å². The van der Waals surface area contributed by atoms with Crippen LogP contribution in [0.1, 0.15) is 271 Å². The van der Waals surface area contributed by atoms with Crippen molar-refractivity contribution in [1.82, 2.24) is 5.32 Å². The summed E-state index contributed by atoms with van der Waals surface area (Å²) in [5.74, 6) is -0.498. The van der Waals surface area contributed by atoms with Crippen molar-refractivity contribution in [3.8, 4) is 0 Å².